The Kier molecular flexibility index (Phi) is 7.23. The van der Waals surface area contributed by atoms with Crippen LogP contribution >= 0.6 is 23.5 Å². The molecule has 1 aromatic carbocycles. The summed E-state index contributed by atoms with van der Waals surface area (Å²) in [5, 5.41) is 23.3. The van der Waals surface area contributed by atoms with Crippen LogP contribution in [0.3, 0.4) is 0 Å². The molecular formula is C19H21N7O3S2. The number of nitrogens with zero attached hydrogens (tertiary/aromatic N) is 6. The minimum Gasteiger partial charge on any atom is -0.325 e. The zero-order chi connectivity index (χ0) is 22.5. The zero-order valence-electron chi connectivity index (χ0n) is 17.4. The second kappa shape index (κ2) is 9.88. The number of hydrogen-bond donors (Lipinski definition) is 1. The summed E-state index contributed by atoms with van der Waals surface area (Å²) >= 11 is 2.71. The Morgan fingerprint density at radius 1 is 1.13 bits per heavy atom. The van der Waals surface area contributed by atoms with E-state index in [0.717, 1.165) is 22.8 Å². The van der Waals surface area contributed by atoms with Gasteiger partial charge in [-0.3, -0.25) is 14.9 Å². The van der Waals surface area contributed by atoms with E-state index < -0.39 is 4.92 Å². The highest BCUT2D eigenvalue weighted by molar-refractivity contribution is 7.99. The van der Waals surface area contributed by atoms with Crippen molar-refractivity contribution in [1.29, 1.82) is 0 Å². The van der Waals surface area contributed by atoms with E-state index in [4.69, 9.17) is 0 Å². The van der Waals surface area contributed by atoms with E-state index >= 15 is 0 Å². The quantitative estimate of drug-likeness (QED) is 0.233. The molecule has 3 rings (SSSR count). The van der Waals surface area contributed by atoms with Gasteiger partial charge in [0.05, 0.1) is 22.1 Å². The van der Waals surface area contributed by atoms with Crippen LogP contribution in [0.2, 0.25) is 0 Å². The van der Waals surface area contributed by atoms with Gasteiger partial charge in [0.25, 0.3) is 5.69 Å². The van der Waals surface area contributed by atoms with Crippen molar-refractivity contribution >= 4 is 40.8 Å². The van der Waals surface area contributed by atoms with E-state index in [1.165, 1.54) is 35.7 Å². The fourth-order valence-electron chi connectivity index (χ4n) is 2.66. The molecule has 0 fully saturated rings. The molecule has 0 spiro atoms. The smallest absolute Gasteiger partial charge is 0.271 e. The molecule has 2 heterocycles. The first-order chi connectivity index (χ1) is 14.7. The molecule has 0 saturated carbocycles. The van der Waals surface area contributed by atoms with Crippen molar-refractivity contribution in [2.24, 2.45) is 7.05 Å². The molecule has 1 N–H and O–H groups in total. The number of rotatable bonds is 8. The van der Waals surface area contributed by atoms with Crippen LogP contribution in [-0.2, 0) is 17.6 Å². The highest BCUT2D eigenvalue weighted by Crippen LogP contribution is 2.24. The number of aryl methyl sites for hydroxylation is 3. The van der Waals surface area contributed by atoms with Crippen LogP contribution in [0.15, 0.2) is 34.6 Å². The van der Waals surface area contributed by atoms with Crippen molar-refractivity contribution in [3.63, 3.8) is 0 Å². The normalized spacial score (nSPS) is 10.8. The minimum absolute atomic E-state index is 0.0724. The van der Waals surface area contributed by atoms with Gasteiger partial charge in [-0.2, -0.15) is 0 Å². The van der Waals surface area contributed by atoms with E-state index in [-0.39, 0.29) is 17.3 Å². The minimum atomic E-state index is -0.494. The molecule has 0 unspecified atom stereocenters. The van der Waals surface area contributed by atoms with Gasteiger partial charge < -0.3 is 9.88 Å². The first-order valence-electron chi connectivity index (χ1n) is 9.24. The Labute approximate surface area is 187 Å². The number of aromatic nitrogens is 5. The largest absolute Gasteiger partial charge is 0.325 e. The predicted molar refractivity (Wildman–Crippen MR) is 119 cm³/mol. The van der Waals surface area contributed by atoms with Gasteiger partial charge >= 0.3 is 0 Å². The number of nitrogens with one attached hydrogen (secondary N) is 1. The monoisotopic (exact) mass is 459 g/mol. The Morgan fingerprint density at radius 3 is 2.52 bits per heavy atom. The number of benzene rings is 1. The van der Waals surface area contributed by atoms with E-state index in [2.05, 4.69) is 25.5 Å². The SMILES string of the molecule is Cc1cc(C)nc(SCc2nnc(SCC(=O)Nc3cc([N+](=O)[O-])ccc3C)n2C)n1. The third-order valence-electron chi connectivity index (χ3n) is 4.26. The number of nitro benzene ring substituents is 1. The number of anilines is 1. The number of non-ortho nitro benzene ring substituents is 1. The summed E-state index contributed by atoms with van der Waals surface area (Å²) in [5.41, 5.74) is 2.92. The molecule has 162 valence electrons. The molecule has 0 radical (unpaired) electrons. The molecule has 31 heavy (non-hydrogen) atoms. The molecule has 0 aliphatic heterocycles. The van der Waals surface area contributed by atoms with Crippen molar-refractivity contribution in [2.75, 3.05) is 11.1 Å². The highest BCUT2D eigenvalue weighted by Gasteiger charge is 2.15. The molecule has 1 amide bonds. The molecule has 12 heteroatoms. The van der Waals surface area contributed by atoms with Gasteiger partial charge in [0.1, 0.15) is 5.82 Å². The topological polar surface area (TPSA) is 129 Å². The number of nitro groups is 1. The van der Waals surface area contributed by atoms with Crippen molar-refractivity contribution in [1.82, 2.24) is 24.7 Å². The summed E-state index contributed by atoms with van der Waals surface area (Å²) in [6.07, 6.45) is 0. The summed E-state index contributed by atoms with van der Waals surface area (Å²) in [7, 11) is 1.84. The number of amides is 1. The van der Waals surface area contributed by atoms with E-state index in [0.29, 0.717) is 21.8 Å². The Hall–Kier alpha value is -2.99. The van der Waals surface area contributed by atoms with Crippen molar-refractivity contribution in [3.8, 4) is 0 Å². The van der Waals surface area contributed by atoms with E-state index in [9.17, 15) is 14.9 Å². The van der Waals surface area contributed by atoms with E-state index in [1.54, 1.807) is 13.0 Å². The standard InChI is InChI=1S/C19H21N7O3S2/c1-11-5-6-14(26(28)29)8-15(11)22-17(27)10-31-19-24-23-16(25(19)4)9-30-18-20-12(2)7-13(3)21-18/h5-8H,9-10H2,1-4H3,(H,22,27). The third kappa shape index (κ3) is 6.01. The molecule has 0 aliphatic rings. The van der Waals surface area contributed by atoms with Gasteiger partial charge in [0.15, 0.2) is 10.3 Å². The van der Waals surface area contributed by atoms with Crippen molar-refractivity contribution in [3.05, 3.63) is 57.2 Å². The van der Waals surface area contributed by atoms with Crippen LogP contribution in [0, 0.1) is 30.9 Å². The lowest BCUT2D eigenvalue weighted by Crippen LogP contribution is -2.15. The maximum absolute atomic E-state index is 12.3. The third-order valence-corrected chi connectivity index (χ3v) is 6.12. The average Bonchev–Trinajstić information content (AvgIpc) is 3.05. The maximum Gasteiger partial charge on any atom is 0.271 e. The molecule has 0 aliphatic carbocycles. The molecule has 0 saturated heterocycles. The van der Waals surface area contributed by atoms with Gasteiger partial charge in [-0.15, -0.1) is 10.2 Å². The highest BCUT2D eigenvalue weighted by atomic mass is 32.2. The van der Waals surface area contributed by atoms with Crippen LogP contribution in [-0.4, -0.2) is 41.3 Å². The maximum atomic E-state index is 12.3. The second-order valence-corrected chi connectivity index (χ2v) is 8.66. The molecule has 10 nitrogen and oxygen atoms in total. The number of hydrogen-bond acceptors (Lipinski definition) is 9. The summed E-state index contributed by atoms with van der Waals surface area (Å²) < 4.78 is 1.83. The Balaban J connectivity index is 1.58. The number of carbonyl (C=O) groups is 1. The second-order valence-electron chi connectivity index (χ2n) is 6.77. The number of thioether (sulfide) groups is 2. The first-order valence-corrected chi connectivity index (χ1v) is 11.2. The van der Waals surface area contributed by atoms with Gasteiger partial charge in [0, 0.05) is 30.6 Å². The lowest BCUT2D eigenvalue weighted by atomic mass is 10.2. The van der Waals surface area contributed by atoms with Crippen molar-refractivity contribution in [2.45, 2.75) is 36.8 Å². The molecular weight excluding hydrogens is 438 g/mol. The van der Waals surface area contributed by atoms with Crippen LogP contribution in [0.5, 0.6) is 0 Å². The summed E-state index contributed by atoms with van der Waals surface area (Å²) in [6.45, 7) is 5.63. The van der Waals surface area contributed by atoms with Gasteiger partial charge in [-0.05, 0) is 32.4 Å². The molecule has 2 aromatic heterocycles. The fraction of sp³-hybridized carbons (Fsp3) is 0.316. The molecule has 0 bridgehead atoms. The lowest BCUT2D eigenvalue weighted by molar-refractivity contribution is -0.384. The fourth-order valence-corrected chi connectivity index (χ4v) is 4.31. The first kappa shape index (κ1) is 22.7. The zero-order valence-corrected chi connectivity index (χ0v) is 19.1. The number of carbonyl (C=O) groups excluding carboxylic acids is 1. The van der Waals surface area contributed by atoms with Gasteiger partial charge in [-0.25, -0.2) is 9.97 Å². The lowest BCUT2D eigenvalue weighted by Gasteiger charge is -2.08. The van der Waals surface area contributed by atoms with Crippen LogP contribution in [0.4, 0.5) is 11.4 Å². The van der Waals surface area contributed by atoms with Crippen LogP contribution in [0.1, 0.15) is 22.8 Å². The molecule has 0 atom stereocenters. The summed E-state index contributed by atoms with van der Waals surface area (Å²) in [6, 6.07) is 6.28. The summed E-state index contributed by atoms with van der Waals surface area (Å²) in [5.74, 6) is 1.11. The van der Waals surface area contributed by atoms with Gasteiger partial charge in [-0.1, -0.05) is 29.6 Å². The Morgan fingerprint density at radius 2 is 1.84 bits per heavy atom. The summed E-state index contributed by atoms with van der Waals surface area (Å²) in [4.78, 5) is 31.6. The Bertz CT molecular complexity index is 1110. The molecule has 3 aromatic rings. The average molecular weight is 460 g/mol. The van der Waals surface area contributed by atoms with E-state index in [1.807, 2.05) is 31.5 Å². The van der Waals surface area contributed by atoms with Gasteiger partial charge in [0.2, 0.25) is 5.91 Å². The predicted octanol–water partition coefficient (Wildman–Crippen LogP) is 3.46. The van der Waals surface area contributed by atoms with Crippen LogP contribution in [0.25, 0.3) is 0 Å². The van der Waals surface area contributed by atoms with Crippen molar-refractivity contribution < 1.29 is 9.72 Å². The van der Waals surface area contributed by atoms with Crippen LogP contribution < -0.4 is 5.32 Å².